The van der Waals surface area contributed by atoms with Gasteiger partial charge in [0.2, 0.25) is 0 Å². The number of rotatable bonds is 6. The van der Waals surface area contributed by atoms with Crippen molar-refractivity contribution in [1.82, 2.24) is 4.98 Å². The van der Waals surface area contributed by atoms with Gasteiger partial charge in [-0.15, -0.1) is 11.3 Å². The van der Waals surface area contributed by atoms with Crippen molar-refractivity contribution in [3.63, 3.8) is 0 Å². The minimum Gasteiger partial charge on any atom is -0.488 e. The van der Waals surface area contributed by atoms with Crippen molar-refractivity contribution in [2.45, 2.75) is 20.5 Å². The maximum Gasteiger partial charge on any atom is 0.341 e. The highest BCUT2D eigenvalue weighted by atomic mass is 32.1. The minimum absolute atomic E-state index is 0.224. The Morgan fingerprint density at radius 3 is 2.62 bits per heavy atom. The van der Waals surface area contributed by atoms with Crippen LogP contribution in [0.1, 0.15) is 27.9 Å². The van der Waals surface area contributed by atoms with Gasteiger partial charge in [-0.3, -0.25) is 0 Å². The summed E-state index contributed by atoms with van der Waals surface area (Å²) in [6, 6.07) is 11.4. The molecule has 0 saturated heterocycles. The fraction of sp³-hybridized carbons (Fsp3) is 0.200. The number of nitrogens with zero attached hydrogens (tertiary/aromatic N) is 1. The monoisotopic (exact) mass is 371 g/mol. The van der Waals surface area contributed by atoms with Crippen LogP contribution >= 0.6 is 11.3 Å². The zero-order chi connectivity index (χ0) is 18.5. The number of thiazole rings is 1. The van der Waals surface area contributed by atoms with Gasteiger partial charge in [-0.2, -0.15) is 0 Å². The van der Waals surface area contributed by atoms with Crippen molar-refractivity contribution in [2.75, 3.05) is 6.61 Å². The smallest absolute Gasteiger partial charge is 0.341 e. The van der Waals surface area contributed by atoms with Gasteiger partial charge in [0.15, 0.2) is 0 Å². The van der Waals surface area contributed by atoms with Crippen molar-refractivity contribution in [1.29, 1.82) is 0 Å². The Morgan fingerprint density at radius 1 is 1.19 bits per heavy atom. The van der Waals surface area contributed by atoms with Crippen molar-refractivity contribution in [2.24, 2.45) is 0 Å². The lowest BCUT2D eigenvalue weighted by Crippen LogP contribution is -2.08. The molecular formula is C20H18FNO3S. The average Bonchev–Trinajstić information content (AvgIpc) is 3.08. The summed E-state index contributed by atoms with van der Waals surface area (Å²) < 4.78 is 23.9. The summed E-state index contributed by atoms with van der Waals surface area (Å²) in [5.41, 5.74) is 2.78. The maximum absolute atomic E-state index is 13.0. The largest absolute Gasteiger partial charge is 0.488 e. The zero-order valence-corrected chi connectivity index (χ0v) is 15.3. The third kappa shape index (κ3) is 4.26. The van der Waals surface area contributed by atoms with E-state index in [9.17, 15) is 9.18 Å². The quantitative estimate of drug-likeness (QED) is 0.571. The van der Waals surface area contributed by atoms with Gasteiger partial charge >= 0.3 is 5.97 Å². The maximum atomic E-state index is 13.0. The van der Waals surface area contributed by atoms with Gasteiger partial charge in [-0.25, -0.2) is 14.2 Å². The highest BCUT2D eigenvalue weighted by molar-refractivity contribution is 7.09. The molecule has 134 valence electrons. The first-order valence-electron chi connectivity index (χ1n) is 8.17. The average molecular weight is 371 g/mol. The first kappa shape index (κ1) is 18.1. The van der Waals surface area contributed by atoms with Crippen LogP contribution in [0.25, 0.3) is 11.3 Å². The Hall–Kier alpha value is -2.73. The zero-order valence-electron chi connectivity index (χ0n) is 14.5. The molecule has 1 aromatic heterocycles. The number of aryl methyl sites for hydroxylation is 1. The van der Waals surface area contributed by atoms with E-state index >= 15 is 0 Å². The molecule has 0 radical (unpaired) electrons. The van der Waals surface area contributed by atoms with Crippen LogP contribution in [-0.2, 0) is 11.3 Å². The molecule has 0 aliphatic carbocycles. The van der Waals surface area contributed by atoms with Gasteiger partial charge in [0, 0.05) is 10.9 Å². The molecule has 0 bridgehead atoms. The van der Waals surface area contributed by atoms with E-state index in [4.69, 9.17) is 9.47 Å². The lowest BCUT2D eigenvalue weighted by Gasteiger charge is -2.12. The number of benzene rings is 2. The van der Waals surface area contributed by atoms with Crippen molar-refractivity contribution in [3.05, 3.63) is 69.8 Å². The van der Waals surface area contributed by atoms with Crippen LogP contribution in [0.3, 0.4) is 0 Å². The van der Waals surface area contributed by atoms with E-state index in [-0.39, 0.29) is 19.0 Å². The molecule has 3 aromatic rings. The highest BCUT2D eigenvalue weighted by Crippen LogP contribution is 2.29. The van der Waals surface area contributed by atoms with Gasteiger partial charge < -0.3 is 9.47 Å². The first-order valence-corrected chi connectivity index (χ1v) is 9.05. The molecule has 0 aliphatic heterocycles. The molecule has 4 nitrogen and oxygen atoms in total. The summed E-state index contributed by atoms with van der Waals surface area (Å²) in [6.45, 7) is 4.18. The molecule has 0 fully saturated rings. The fourth-order valence-electron chi connectivity index (χ4n) is 2.42. The number of carbonyl (C=O) groups is 1. The van der Waals surface area contributed by atoms with E-state index in [0.29, 0.717) is 11.3 Å². The molecule has 2 aromatic carbocycles. The number of ether oxygens (including phenoxy) is 2. The molecule has 0 spiro atoms. The second kappa shape index (κ2) is 8.10. The molecule has 0 N–H and O–H groups in total. The number of hydrogen-bond acceptors (Lipinski definition) is 5. The first-order chi connectivity index (χ1) is 12.6. The summed E-state index contributed by atoms with van der Waals surface area (Å²) in [7, 11) is 0. The van der Waals surface area contributed by atoms with Crippen LogP contribution in [-0.4, -0.2) is 17.6 Å². The second-order valence-corrected chi connectivity index (χ2v) is 6.66. The predicted octanol–water partition coefficient (Wildman–Crippen LogP) is 5.01. The molecule has 3 rings (SSSR count). The Balaban J connectivity index is 1.87. The lowest BCUT2D eigenvalue weighted by atomic mass is 10.1. The van der Waals surface area contributed by atoms with Crippen LogP contribution in [0.5, 0.6) is 5.75 Å². The third-order valence-electron chi connectivity index (χ3n) is 3.70. The van der Waals surface area contributed by atoms with Crippen molar-refractivity contribution >= 4 is 17.3 Å². The van der Waals surface area contributed by atoms with Gasteiger partial charge in [0.25, 0.3) is 0 Å². The number of aromatic nitrogens is 1. The molecule has 0 aliphatic rings. The van der Waals surface area contributed by atoms with Gasteiger partial charge in [-0.05, 0) is 49.7 Å². The van der Waals surface area contributed by atoms with Crippen LogP contribution in [0.4, 0.5) is 4.39 Å². The SMILES string of the molecule is CCOC(=O)c1cc(-c2csc(C)n2)ccc1OCc1ccc(F)cc1. The van der Waals surface area contributed by atoms with Crippen molar-refractivity contribution < 1.29 is 18.7 Å². The summed E-state index contributed by atoms with van der Waals surface area (Å²) in [5, 5.41) is 2.90. The molecular weight excluding hydrogens is 353 g/mol. The number of esters is 1. The molecule has 6 heteroatoms. The van der Waals surface area contributed by atoms with E-state index in [1.165, 1.54) is 12.1 Å². The molecule has 0 unspecified atom stereocenters. The molecule has 0 saturated carbocycles. The summed E-state index contributed by atoms with van der Waals surface area (Å²) in [6.07, 6.45) is 0. The number of hydrogen-bond donors (Lipinski definition) is 0. The van der Waals surface area contributed by atoms with E-state index in [0.717, 1.165) is 21.8 Å². The number of carbonyl (C=O) groups excluding carboxylic acids is 1. The van der Waals surface area contributed by atoms with Gasteiger partial charge in [0.1, 0.15) is 23.7 Å². The summed E-state index contributed by atoms with van der Waals surface area (Å²) in [5.74, 6) is -0.331. The van der Waals surface area contributed by atoms with E-state index in [2.05, 4.69) is 4.98 Å². The fourth-order valence-corrected chi connectivity index (χ4v) is 3.04. The van der Waals surface area contributed by atoms with Gasteiger partial charge in [-0.1, -0.05) is 12.1 Å². The highest BCUT2D eigenvalue weighted by Gasteiger charge is 2.16. The lowest BCUT2D eigenvalue weighted by molar-refractivity contribution is 0.0521. The van der Waals surface area contributed by atoms with Gasteiger partial charge in [0.05, 0.1) is 17.3 Å². The topological polar surface area (TPSA) is 48.4 Å². The van der Waals surface area contributed by atoms with E-state index in [1.54, 1.807) is 42.5 Å². The summed E-state index contributed by atoms with van der Waals surface area (Å²) in [4.78, 5) is 16.8. The molecule has 0 amide bonds. The van der Waals surface area contributed by atoms with Crippen molar-refractivity contribution in [3.8, 4) is 17.0 Å². The minimum atomic E-state index is -0.449. The van der Waals surface area contributed by atoms with E-state index < -0.39 is 5.97 Å². The van der Waals surface area contributed by atoms with Crippen LogP contribution in [0.15, 0.2) is 47.8 Å². The number of halogens is 1. The second-order valence-electron chi connectivity index (χ2n) is 5.60. The third-order valence-corrected chi connectivity index (χ3v) is 4.47. The Bertz CT molecular complexity index is 906. The molecule has 26 heavy (non-hydrogen) atoms. The van der Waals surface area contributed by atoms with Crippen LogP contribution in [0.2, 0.25) is 0 Å². The Kier molecular flexibility index (Phi) is 5.63. The summed E-state index contributed by atoms with van der Waals surface area (Å²) >= 11 is 1.55. The Labute approximate surface area is 155 Å². The Morgan fingerprint density at radius 2 is 1.96 bits per heavy atom. The van der Waals surface area contributed by atoms with E-state index in [1.807, 2.05) is 18.4 Å². The van der Waals surface area contributed by atoms with Crippen LogP contribution < -0.4 is 4.74 Å². The molecule has 1 heterocycles. The normalized spacial score (nSPS) is 10.6. The van der Waals surface area contributed by atoms with Crippen LogP contribution in [0, 0.1) is 12.7 Å². The molecule has 0 atom stereocenters. The predicted molar refractivity (Wildman–Crippen MR) is 99.0 cm³/mol. The standard InChI is InChI=1S/C20H18FNO3S/c1-3-24-20(23)17-10-15(18-12-26-13(2)22-18)6-9-19(17)25-11-14-4-7-16(21)8-5-14/h4-10,12H,3,11H2,1-2H3.